The SMILES string of the molecule is CCc1csc(NCc2ccc(OC)c(N)c2)n1. The molecule has 2 rings (SSSR count). The molecule has 0 saturated heterocycles. The summed E-state index contributed by atoms with van der Waals surface area (Å²) < 4.78 is 5.12. The first-order valence-corrected chi connectivity index (χ1v) is 6.71. The van der Waals surface area contributed by atoms with Crippen molar-refractivity contribution < 1.29 is 4.74 Å². The molecule has 1 aromatic carbocycles. The zero-order valence-electron chi connectivity index (χ0n) is 10.6. The summed E-state index contributed by atoms with van der Waals surface area (Å²) >= 11 is 1.63. The van der Waals surface area contributed by atoms with E-state index in [1.807, 2.05) is 18.2 Å². The normalized spacial score (nSPS) is 10.3. The van der Waals surface area contributed by atoms with Gasteiger partial charge in [0.2, 0.25) is 0 Å². The molecule has 5 heteroatoms. The van der Waals surface area contributed by atoms with E-state index >= 15 is 0 Å². The average Bonchev–Trinajstić information content (AvgIpc) is 2.84. The zero-order valence-corrected chi connectivity index (χ0v) is 11.4. The number of rotatable bonds is 5. The minimum Gasteiger partial charge on any atom is -0.495 e. The fraction of sp³-hybridized carbons (Fsp3) is 0.308. The summed E-state index contributed by atoms with van der Waals surface area (Å²) in [6, 6.07) is 5.79. The van der Waals surface area contributed by atoms with Crippen LogP contribution >= 0.6 is 11.3 Å². The van der Waals surface area contributed by atoms with Crippen molar-refractivity contribution in [2.45, 2.75) is 19.9 Å². The van der Waals surface area contributed by atoms with Crippen molar-refractivity contribution >= 4 is 22.2 Å². The Morgan fingerprint density at radius 2 is 2.28 bits per heavy atom. The molecule has 0 bridgehead atoms. The molecule has 1 heterocycles. The molecule has 0 amide bonds. The third-order valence-corrected chi connectivity index (χ3v) is 3.50. The molecule has 0 unspecified atom stereocenters. The van der Waals surface area contributed by atoms with Crippen LogP contribution in [0.2, 0.25) is 0 Å². The van der Waals surface area contributed by atoms with Crippen LogP contribution in [-0.4, -0.2) is 12.1 Å². The zero-order chi connectivity index (χ0) is 13.0. The number of ether oxygens (including phenoxy) is 1. The highest BCUT2D eigenvalue weighted by Crippen LogP contribution is 2.23. The molecule has 0 aliphatic rings. The number of benzene rings is 1. The lowest BCUT2D eigenvalue weighted by Gasteiger charge is -2.07. The third kappa shape index (κ3) is 2.92. The Balaban J connectivity index is 1.99. The van der Waals surface area contributed by atoms with Gasteiger partial charge in [0.05, 0.1) is 18.5 Å². The van der Waals surface area contributed by atoms with E-state index in [1.54, 1.807) is 18.4 Å². The predicted octanol–water partition coefficient (Wildman–Crippen LogP) is 2.91. The van der Waals surface area contributed by atoms with Crippen LogP contribution < -0.4 is 15.8 Å². The number of hydrogen-bond donors (Lipinski definition) is 2. The second-order valence-corrected chi connectivity index (χ2v) is 4.79. The first-order valence-electron chi connectivity index (χ1n) is 5.83. The van der Waals surface area contributed by atoms with Crippen LogP contribution in [0.3, 0.4) is 0 Å². The van der Waals surface area contributed by atoms with Gasteiger partial charge in [0.25, 0.3) is 0 Å². The average molecular weight is 263 g/mol. The summed E-state index contributed by atoms with van der Waals surface area (Å²) in [7, 11) is 1.62. The van der Waals surface area contributed by atoms with E-state index in [2.05, 4.69) is 22.6 Å². The standard InChI is InChI=1S/C13H17N3OS/c1-3-10-8-18-13(16-10)15-7-9-4-5-12(17-2)11(14)6-9/h4-6,8H,3,7,14H2,1-2H3,(H,15,16). The van der Waals surface area contributed by atoms with Gasteiger partial charge in [-0.3, -0.25) is 0 Å². The van der Waals surface area contributed by atoms with Crippen LogP contribution in [0.15, 0.2) is 23.6 Å². The number of nitrogens with two attached hydrogens (primary N) is 1. The molecule has 0 atom stereocenters. The van der Waals surface area contributed by atoms with Gasteiger partial charge < -0.3 is 15.8 Å². The van der Waals surface area contributed by atoms with Gasteiger partial charge in [-0.05, 0) is 24.1 Å². The van der Waals surface area contributed by atoms with Crippen LogP contribution in [0, 0.1) is 0 Å². The lowest BCUT2D eigenvalue weighted by Crippen LogP contribution is -2.01. The van der Waals surface area contributed by atoms with Crippen molar-refractivity contribution in [2.24, 2.45) is 0 Å². The minimum absolute atomic E-state index is 0.658. The Kier molecular flexibility index (Phi) is 4.04. The number of hydrogen-bond acceptors (Lipinski definition) is 5. The van der Waals surface area contributed by atoms with Crippen molar-refractivity contribution in [3.8, 4) is 5.75 Å². The molecule has 0 aliphatic carbocycles. The second-order valence-electron chi connectivity index (χ2n) is 3.93. The largest absolute Gasteiger partial charge is 0.495 e. The van der Waals surface area contributed by atoms with Crippen molar-refractivity contribution in [3.63, 3.8) is 0 Å². The monoisotopic (exact) mass is 263 g/mol. The molecule has 0 aliphatic heterocycles. The van der Waals surface area contributed by atoms with E-state index < -0.39 is 0 Å². The van der Waals surface area contributed by atoms with Gasteiger partial charge in [-0.15, -0.1) is 11.3 Å². The van der Waals surface area contributed by atoms with Crippen LogP contribution in [-0.2, 0) is 13.0 Å². The number of aryl methyl sites for hydroxylation is 1. The van der Waals surface area contributed by atoms with Gasteiger partial charge in [0, 0.05) is 11.9 Å². The topological polar surface area (TPSA) is 60.2 Å². The lowest BCUT2D eigenvalue weighted by atomic mass is 10.2. The molecule has 1 aromatic heterocycles. The maximum atomic E-state index is 5.86. The Hall–Kier alpha value is -1.75. The second kappa shape index (κ2) is 5.73. The van der Waals surface area contributed by atoms with Crippen LogP contribution in [0.1, 0.15) is 18.2 Å². The minimum atomic E-state index is 0.658. The fourth-order valence-corrected chi connectivity index (χ4v) is 2.41. The molecule has 3 N–H and O–H groups in total. The van der Waals surface area contributed by atoms with Crippen molar-refractivity contribution in [3.05, 3.63) is 34.8 Å². The molecule has 18 heavy (non-hydrogen) atoms. The van der Waals surface area contributed by atoms with Gasteiger partial charge in [0.1, 0.15) is 5.75 Å². The molecule has 4 nitrogen and oxygen atoms in total. The first-order chi connectivity index (χ1) is 8.72. The van der Waals surface area contributed by atoms with Crippen LogP contribution in [0.25, 0.3) is 0 Å². The summed E-state index contributed by atoms with van der Waals surface area (Å²) in [5, 5.41) is 6.31. The maximum absolute atomic E-state index is 5.86. The van der Waals surface area contributed by atoms with Crippen molar-refractivity contribution in [1.82, 2.24) is 4.98 Å². The van der Waals surface area contributed by atoms with E-state index in [4.69, 9.17) is 10.5 Å². The Bertz CT molecular complexity index is 525. The van der Waals surface area contributed by atoms with Gasteiger partial charge in [-0.1, -0.05) is 13.0 Å². The summed E-state index contributed by atoms with van der Waals surface area (Å²) in [6.45, 7) is 2.81. The summed E-state index contributed by atoms with van der Waals surface area (Å²) in [5.41, 5.74) is 8.75. The Labute approximate surface area is 111 Å². The van der Waals surface area contributed by atoms with E-state index in [0.717, 1.165) is 22.8 Å². The van der Waals surface area contributed by atoms with E-state index in [0.29, 0.717) is 18.0 Å². The summed E-state index contributed by atoms with van der Waals surface area (Å²) in [5.74, 6) is 0.710. The van der Waals surface area contributed by atoms with E-state index in [9.17, 15) is 0 Å². The van der Waals surface area contributed by atoms with Gasteiger partial charge in [-0.2, -0.15) is 0 Å². The van der Waals surface area contributed by atoms with Crippen LogP contribution in [0.4, 0.5) is 10.8 Å². The van der Waals surface area contributed by atoms with Crippen molar-refractivity contribution in [1.29, 1.82) is 0 Å². The molecular formula is C13H17N3OS. The smallest absolute Gasteiger partial charge is 0.183 e. The highest BCUT2D eigenvalue weighted by Gasteiger charge is 2.02. The summed E-state index contributed by atoms with van der Waals surface area (Å²) in [6.07, 6.45) is 0.966. The van der Waals surface area contributed by atoms with Gasteiger partial charge in [0.15, 0.2) is 5.13 Å². The van der Waals surface area contributed by atoms with Crippen LogP contribution in [0.5, 0.6) is 5.75 Å². The number of methoxy groups -OCH3 is 1. The Morgan fingerprint density at radius 1 is 1.44 bits per heavy atom. The highest BCUT2D eigenvalue weighted by molar-refractivity contribution is 7.13. The van der Waals surface area contributed by atoms with E-state index in [-0.39, 0.29) is 0 Å². The van der Waals surface area contributed by atoms with Gasteiger partial charge in [-0.25, -0.2) is 4.98 Å². The maximum Gasteiger partial charge on any atom is 0.183 e. The fourth-order valence-electron chi connectivity index (χ4n) is 1.62. The summed E-state index contributed by atoms with van der Waals surface area (Å²) in [4.78, 5) is 4.45. The number of nitrogens with one attached hydrogen (secondary N) is 1. The predicted molar refractivity (Wildman–Crippen MR) is 76.2 cm³/mol. The van der Waals surface area contributed by atoms with E-state index in [1.165, 1.54) is 0 Å². The number of thiazole rings is 1. The number of nitrogen functional groups attached to an aromatic ring is 1. The van der Waals surface area contributed by atoms with Gasteiger partial charge >= 0.3 is 0 Å². The quantitative estimate of drug-likeness (QED) is 0.814. The molecule has 2 aromatic rings. The molecule has 0 fully saturated rings. The molecular weight excluding hydrogens is 246 g/mol. The molecule has 0 radical (unpaired) electrons. The lowest BCUT2D eigenvalue weighted by molar-refractivity contribution is 0.417. The number of aromatic nitrogens is 1. The third-order valence-electron chi connectivity index (χ3n) is 2.65. The number of anilines is 2. The molecule has 96 valence electrons. The highest BCUT2D eigenvalue weighted by atomic mass is 32.1. The molecule has 0 spiro atoms. The van der Waals surface area contributed by atoms with Crippen molar-refractivity contribution in [2.75, 3.05) is 18.2 Å². The Morgan fingerprint density at radius 3 is 2.89 bits per heavy atom. The first kappa shape index (κ1) is 12.7. The molecule has 0 saturated carbocycles. The number of nitrogens with zero attached hydrogens (tertiary/aromatic N) is 1.